The molecule has 3 nitrogen and oxygen atoms in total. The molecule has 1 aliphatic rings. The van der Waals surface area contributed by atoms with Gasteiger partial charge >= 0.3 is 5.97 Å². The highest BCUT2D eigenvalue weighted by molar-refractivity contribution is 7.13. The summed E-state index contributed by atoms with van der Waals surface area (Å²) >= 11 is 1.61. The van der Waals surface area contributed by atoms with E-state index in [-0.39, 0.29) is 6.42 Å². The van der Waals surface area contributed by atoms with Crippen LogP contribution in [0.4, 0.5) is 0 Å². The van der Waals surface area contributed by atoms with Crippen LogP contribution in [0.15, 0.2) is 29.6 Å². The second kappa shape index (κ2) is 5.13. The van der Waals surface area contributed by atoms with Crippen molar-refractivity contribution >= 4 is 17.3 Å². The van der Waals surface area contributed by atoms with E-state index in [2.05, 4.69) is 23.2 Å². The summed E-state index contributed by atoms with van der Waals surface area (Å²) in [5, 5.41) is 11.7. The molecule has 0 saturated heterocycles. The number of carboxylic acid groups (broad SMARTS) is 1. The first kappa shape index (κ1) is 12.4. The van der Waals surface area contributed by atoms with Crippen LogP contribution < -0.4 is 0 Å². The van der Waals surface area contributed by atoms with E-state index in [1.807, 2.05) is 11.4 Å². The Morgan fingerprint density at radius 1 is 1.37 bits per heavy atom. The number of rotatable bonds is 5. The maximum Gasteiger partial charge on any atom is 0.303 e. The zero-order valence-corrected chi connectivity index (χ0v) is 11.3. The average Bonchev–Trinajstić information content (AvgIpc) is 3.15. The number of hydrogen-bond donors (Lipinski definition) is 1. The minimum absolute atomic E-state index is 0.146. The van der Waals surface area contributed by atoms with Crippen LogP contribution in [0.2, 0.25) is 0 Å². The van der Waals surface area contributed by atoms with Crippen molar-refractivity contribution in [3.63, 3.8) is 0 Å². The molecule has 98 valence electrons. The summed E-state index contributed by atoms with van der Waals surface area (Å²) in [5.74, 6) is -0.0736. The number of aromatic nitrogens is 1. The Kier molecular flexibility index (Phi) is 3.34. The lowest BCUT2D eigenvalue weighted by atomic mass is 10.0. The van der Waals surface area contributed by atoms with Crippen molar-refractivity contribution in [2.24, 2.45) is 0 Å². The Labute approximate surface area is 115 Å². The molecule has 0 spiro atoms. The van der Waals surface area contributed by atoms with Crippen molar-refractivity contribution in [2.45, 2.75) is 31.6 Å². The Morgan fingerprint density at radius 2 is 2.16 bits per heavy atom. The molecule has 0 radical (unpaired) electrons. The van der Waals surface area contributed by atoms with E-state index in [1.54, 1.807) is 11.3 Å². The largest absolute Gasteiger partial charge is 0.481 e. The van der Waals surface area contributed by atoms with Crippen LogP contribution in [-0.2, 0) is 11.2 Å². The predicted molar refractivity (Wildman–Crippen MR) is 75.5 cm³/mol. The second-order valence-corrected chi connectivity index (χ2v) is 5.76. The highest BCUT2D eigenvalue weighted by Gasteiger charge is 2.26. The molecule has 1 aliphatic carbocycles. The van der Waals surface area contributed by atoms with E-state index in [4.69, 9.17) is 5.11 Å². The first-order valence-corrected chi connectivity index (χ1v) is 7.37. The molecule has 2 aromatic rings. The van der Waals surface area contributed by atoms with Crippen molar-refractivity contribution in [3.05, 3.63) is 40.9 Å². The lowest BCUT2D eigenvalue weighted by molar-refractivity contribution is -0.136. The third kappa shape index (κ3) is 2.84. The number of carbonyl (C=O) groups is 1. The van der Waals surface area contributed by atoms with Crippen molar-refractivity contribution in [1.29, 1.82) is 0 Å². The number of hydrogen-bond acceptors (Lipinski definition) is 3. The van der Waals surface area contributed by atoms with Crippen molar-refractivity contribution in [3.8, 4) is 10.6 Å². The molecule has 1 aromatic heterocycles. The Morgan fingerprint density at radius 3 is 2.89 bits per heavy atom. The molecule has 0 bridgehead atoms. The molecule has 4 heteroatoms. The number of aryl methyl sites for hydroxylation is 1. The number of benzene rings is 1. The van der Waals surface area contributed by atoms with Gasteiger partial charge in [0, 0.05) is 17.4 Å². The molecule has 0 unspecified atom stereocenters. The van der Waals surface area contributed by atoms with Crippen molar-refractivity contribution in [1.82, 2.24) is 4.98 Å². The summed E-state index contributed by atoms with van der Waals surface area (Å²) in [6.07, 6.45) is 3.20. The molecular weight excluding hydrogens is 258 g/mol. The Bertz CT molecular complexity index is 602. The highest BCUT2D eigenvalue weighted by Crippen LogP contribution is 2.44. The maximum absolute atomic E-state index is 10.6. The van der Waals surface area contributed by atoms with E-state index >= 15 is 0 Å². The van der Waals surface area contributed by atoms with Crippen LogP contribution in [0.25, 0.3) is 10.6 Å². The highest BCUT2D eigenvalue weighted by atomic mass is 32.1. The van der Waals surface area contributed by atoms with Gasteiger partial charge in [0.15, 0.2) is 0 Å². The molecule has 0 aliphatic heterocycles. The second-order valence-electron chi connectivity index (χ2n) is 4.90. The van der Waals surface area contributed by atoms with E-state index in [0.29, 0.717) is 12.3 Å². The minimum atomic E-state index is -0.770. The van der Waals surface area contributed by atoms with Gasteiger partial charge in [0.25, 0.3) is 0 Å². The van der Waals surface area contributed by atoms with Gasteiger partial charge in [-0.15, -0.1) is 11.3 Å². The normalized spacial score (nSPS) is 14.5. The van der Waals surface area contributed by atoms with Gasteiger partial charge < -0.3 is 5.11 Å². The average molecular weight is 273 g/mol. The fourth-order valence-electron chi connectivity index (χ4n) is 2.22. The fraction of sp³-hybridized carbons (Fsp3) is 0.333. The molecule has 1 fully saturated rings. The molecule has 1 heterocycles. The molecule has 1 saturated carbocycles. The number of aliphatic carboxylic acids is 1. The minimum Gasteiger partial charge on any atom is -0.481 e. The molecule has 1 N–H and O–H groups in total. The first-order chi connectivity index (χ1) is 9.24. The number of nitrogens with zero attached hydrogens (tertiary/aromatic N) is 1. The van der Waals surface area contributed by atoms with Crippen LogP contribution >= 0.6 is 11.3 Å². The Balaban J connectivity index is 1.84. The first-order valence-electron chi connectivity index (χ1n) is 6.49. The fourth-order valence-corrected chi connectivity index (χ4v) is 3.12. The third-order valence-corrected chi connectivity index (χ3v) is 4.28. The quantitative estimate of drug-likeness (QED) is 0.903. The van der Waals surface area contributed by atoms with Gasteiger partial charge in [0.2, 0.25) is 0 Å². The van der Waals surface area contributed by atoms with E-state index in [1.165, 1.54) is 24.0 Å². The molecule has 3 rings (SSSR count). The van der Waals surface area contributed by atoms with Gasteiger partial charge in [-0.1, -0.05) is 24.3 Å². The lowest BCUT2D eigenvalue weighted by Gasteiger charge is -2.04. The predicted octanol–water partition coefficient (Wildman–Crippen LogP) is 3.70. The zero-order chi connectivity index (χ0) is 13.2. The topological polar surface area (TPSA) is 50.2 Å². The van der Waals surface area contributed by atoms with Gasteiger partial charge in [-0.25, -0.2) is 4.98 Å². The zero-order valence-electron chi connectivity index (χ0n) is 10.5. The van der Waals surface area contributed by atoms with Gasteiger partial charge in [0.05, 0.1) is 12.1 Å². The third-order valence-electron chi connectivity index (χ3n) is 3.36. The molecule has 0 atom stereocenters. The molecular formula is C15H15NO2S. The smallest absolute Gasteiger partial charge is 0.303 e. The monoisotopic (exact) mass is 273 g/mol. The van der Waals surface area contributed by atoms with E-state index in [9.17, 15) is 4.79 Å². The summed E-state index contributed by atoms with van der Waals surface area (Å²) in [7, 11) is 0. The van der Waals surface area contributed by atoms with Crippen LogP contribution in [-0.4, -0.2) is 16.1 Å². The summed E-state index contributed by atoms with van der Waals surface area (Å²) < 4.78 is 0. The summed E-state index contributed by atoms with van der Waals surface area (Å²) in [6, 6.07) is 8.43. The lowest BCUT2D eigenvalue weighted by Crippen LogP contribution is -1.97. The van der Waals surface area contributed by atoms with Crippen LogP contribution in [0.1, 0.15) is 36.4 Å². The summed E-state index contributed by atoms with van der Waals surface area (Å²) in [6.45, 7) is 0. The van der Waals surface area contributed by atoms with Crippen LogP contribution in [0.5, 0.6) is 0 Å². The van der Waals surface area contributed by atoms with Gasteiger partial charge in [-0.3, -0.25) is 4.79 Å². The van der Waals surface area contributed by atoms with E-state index in [0.717, 1.165) is 10.7 Å². The van der Waals surface area contributed by atoms with Crippen LogP contribution in [0.3, 0.4) is 0 Å². The standard InChI is InChI=1S/C15H15NO2S/c17-14(18)8-7-11-9-19-15(16-11)13-4-2-1-3-12(13)10-5-6-10/h1-4,9-10H,5-8H2,(H,17,18). The summed E-state index contributed by atoms with van der Waals surface area (Å²) in [5.41, 5.74) is 3.49. The molecule has 1 aromatic carbocycles. The van der Waals surface area contributed by atoms with Crippen molar-refractivity contribution in [2.75, 3.05) is 0 Å². The molecule has 0 amide bonds. The van der Waals surface area contributed by atoms with Gasteiger partial charge in [-0.05, 0) is 24.3 Å². The Hall–Kier alpha value is -1.68. The van der Waals surface area contributed by atoms with E-state index < -0.39 is 5.97 Å². The summed E-state index contributed by atoms with van der Waals surface area (Å²) in [4.78, 5) is 15.2. The van der Waals surface area contributed by atoms with Crippen LogP contribution in [0, 0.1) is 0 Å². The number of carboxylic acids is 1. The van der Waals surface area contributed by atoms with Gasteiger partial charge in [-0.2, -0.15) is 0 Å². The maximum atomic E-state index is 10.6. The SMILES string of the molecule is O=C(O)CCc1csc(-c2ccccc2C2CC2)n1. The molecule has 19 heavy (non-hydrogen) atoms. The van der Waals surface area contributed by atoms with Gasteiger partial charge in [0.1, 0.15) is 5.01 Å². The number of thiazole rings is 1. The van der Waals surface area contributed by atoms with Crippen molar-refractivity contribution < 1.29 is 9.90 Å².